The van der Waals surface area contributed by atoms with Gasteiger partial charge >= 0.3 is 0 Å². The predicted octanol–water partition coefficient (Wildman–Crippen LogP) is -0.109. The molecule has 0 saturated carbocycles. The molecule has 0 aromatic carbocycles. The van der Waals surface area contributed by atoms with Crippen molar-refractivity contribution < 1.29 is 12.9 Å². The second-order valence-corrected chi connectivity index (χ2v) is 3.82. The molecule has 0 aliphatic carbocycles. The minimum absolute atomic E-state index is 0.0856. The van der Waals surface area contributed by atoms with Gasteiger partial charge in [0.2, 0.25) is 5.03 Å². The van der Waals surface area contributed by atoms with Gasteiger partial charge in [0.05, 0.1) is 0 Å². The van der Waals surface area contributed by atoms with E-state index < -0.39 is 10.0 Å². The van der Waals surface area contributed by atoms with Gasteiger partial charge in [-0.2, -0.15) is 0 Å². The second kappa shape index (κ2) is 2.63. The number of hydrogen-bond acceptors (Lipinski definition) is 4. The number of sulfonamides is 1. The lowest BCUT2D eigenvalue weighted by Crippen LogP contribution is -2.18. The highest BCUT2D eigenvalue weighted by atomic mass is 32.2. The number of aryl methyl sites for hydroxylation is 1. The lowest BCUT2D eigenvalue weighted by molar-refractivity contribution is 0.380. The molecule has 0 atom stereocenters. The van der Waals surface area contributed by atoms with Crippen LogP contribution in [-0.2, 0) is 10.0 Å². The van der Waals surface area contributed by atoms with Crippen LogP contribution in [0.4, 0.5) is 0 Å². The van der Waals surface area contributed by atoms with Crippen LogP contribution in [0.15, 0.2) is 15.6 Å². The van der Waals surface area contributed by atoms with Gasteiger partial charge in [-0.15, -0.1) is 0 Å². The molecule has 5 nitrogen and oxygen atoms in total. The highest BCUT2D eigenvalue weighted by molar-refractivity contribution is 7.89. The van der Waals surface area contributed by atoms with Crippen LogP contribution in [0.1, 0.15) is 5.76 Å². The van der Waals surface area contributed by atoms with Gasteiger partial charge in [-0.3, -0.25) is 0 Å². The van der Waals surface area contributed by atoms with E-state index in [4.69, 9.17) is 0 Å². The lowest BCUT2D eigenvalue weighted by atomic mass is 10.5. The predicted molar refractivity (Wildman–Crippen MR) is 37.5 cm³/mol. The minimum atomic E-state index is -3.43. The van der Waals surface area contributed by atoms with Crippen molar-refractivity contribution in [3.8, 4) is 0 Å². The SMILES string of the molecule is CNS(=O)(=O)c1cc(C)on1. The third kappa shape index (κ3) is 1.58. The van der Waals surface area contributed by atoms with Crippen molar-refractivity contribution >= 4 is 10.0 Å². The standard InChI is InChI=1S/C5H8N2O3S/c1-4-3-5(7-10-4)11(8,9)6-2/h3,6H,1-2H3. The van der Waals surface area contributed by atoms with Crippen LogP contribution < -0.4 is 4.72 Å². The molecule has 0 amide bonds. The minimum Gasteiger partial charge on any atom is -0.360 e. The second-order valence-electron chi connectivity index (χ2n) is 1.98. The summed E-state index contributed by atoms with van der Waals surface area (Å²) in [7, 11) is -2.11. The van der Waals surface area contributed by atoms with Crippen molar-refractivity contribution in [3.63, 3.8) is 0 Å². The van der Waals surface area contributed by atoms with Crippen molar-refractivity contribution in [2.75, 3.05) is 7.05 Å². The highest BCUT2D eigenvalue weighted by Gasteiger charge is 2.15. The molecule has 0 bridgehead atoms. The fraction of sp³-hybridized carbons (Fsp3) is 0.400. The molecule has 62 valence electrons. The Hall–Kier alpha value is -0.880. The van der Waals surface area contributed by atoms with Crippen molar-refractivity contribution in [1.82, 2.24) is 9.88 Å². The van der Waals surface area contributed by atoms with Gasteiger partial charge in [0.25, 0.3) is 10.0 Å². The third-order valence-electron chi connectivity index (χ3n) is 1.15. The summed E-state index contributed by atoms with van der Waals surface area (Å²) in [6.07, 6.45) is 0. The van der Waals surface area contributed by atoms with E-state index in [0.29, 0.717) is 5.76 Å². The van der Waals surface area contributed by atoms with E-state index in [-0.39, 0.29) is 5.03 Å². The maximum atomic E-state index is 11.0. The molecule has 1 aromatic rings. The molecule has 0 radical (unpaired) electrons. The Kier molecular flexibility index (Phi) is 1.97. The van der Waals surface area contributed by atoms with Crippen molar-refractivity contribution in [2.24, 2.45) is 0 Å². The molecule has 0 saturated heterocycles. The van der Waals surface area contributed by atoms with Gasteiger partial charge in [0.1, 0.15) is 5.76 Å². The van der Waals surface area contributed by atoms with Crippen LogP contribution in [0.25, 0.3) is 0 Å². The first kappa shape index (κ1) is 8.22. The molecule has 0 fully saturated rings. The molecular weight excluding hydrogens is 168 g/mol. The average Bonchev–Trinajstić information content (AvgIpc) is 2.36. The molecule has 6 heteroatoms. The van der Waals surface area contributed by atoms with E-state index in [0.717, 1.165) is 0 Å². The quantitative estimate of drug-likeness (QED) is 0.682. The Morgan fingerprint density at radius 3 is 2.64 bits per heavy atom. The van der Waals surface area contributed by atoms with E-state index in [1.165, 1.54) is 13.1 Å². The van der Waals surface area contributed by atoms with Gasteiger partial charge in [-0.1, -0.05) is 5.16 Å². The fourth-order valence-electron chi connectivity index (χ4n) is 0.575. The highest BCUT2D eigenvalue weighted by Crippen LogP contribution is 2.06. The summed E-state index contributed by atoms with van der Waals surface area (Å²) in [6, 6.07) is 1.35. The van der Waals surface area contributed by atoms with E-state index in [9.17, 15) is 8.42 Å². The molecule has 1 N–H and O–H groups in total. The topological polar surface area (TPSA) is 72.2 Å². The first-order chi connectivity index (χ1) is 5.06. The van der Waals surface area contributed by atoms with Gasteiger partial charge in [0, 0.05) is 6.07 Å². The van der Waals surface area contributed by atoms with E-state index >= 15 is 0 Å². The van der Waals surface area contributed by atoms with Gasteiger partial charge in [-0.25, -0.2) is 13.1 Å². The zero-order valence-electron chi connectivity index (χ0n) is 6.16. The number of rotatable bonds is 2. The summed E-state index contributed by atoms with van der Waals surface area (Å²) in [4.78, 5) is 0. The Morgan fingerprint density at radius 2 is 2.27 bits per heavy atom. The van der Waals surface area contributed by atoms with Crippen LogP contribution in [-0.4, -0.2) is 20.6 Å². The molecule has 0 aliphatic heterocycles. The summed E-state index contributed by atoms with van der Waals surface area (Å²) in [5.41, 5.74) is 0. The van der Waals surface area contributed by atoms with Crippen LogP contribution in [0.3, 0.4) is 0 Å². The Bertz CT molecular complexity index is 340. The molecule has 0 spiro atoms. The van der Waals surface area contributed by atoms with Crippen LogP contribution >= 0.6 is 0 Å². The van der Waals surface area contributed by atoms with Crippen LogP contribution in [0.5, 0.6) is 0 Å². The van der Waals surface area contributed by atoms with Crippen molar-refractivity contribution in [3.05, 3.63) is 11.8 Å². The lowest BCUT2D eigenvalue weighted by Gasteiger charge is -1.92. The molecule has 1 heterocycles. The molecule has 1 aromatic heterocycles. The molecule has 0 aliphatic rings. The Morgan fingerprint density at radius 1 is 1.64 bits per heavy atom. The average molecular weight is 176 g/mol. The summed E-state index contributed by atoms with van der Waals surface area (Å²) in [5.74, 6) is 0.471. The maximum Gasteiger partial charge on any atom is 0.261 e. The summed E-state index contributed by atoms with van der Waals surface area (Å²) < 4.78 is 28.7. The van der Waals surface area contributed by atoms with Crippen LogP contribution in [0.2, 0.25) is 0 Å². The molecular formula is C5H8N2O3S. The van der Waals surface area contributed by atoms with E-state index in [1.807, 2.05) is 0 Å². The zero-order chi connectivity index (χ0) is 8.48. The van der Waals surface area contributed by atoms with Gasteiger partial charge < -0.3 is 4.52 Å². The van der Waals surface area contributed by atoms with E-state index in [2.05, 4.69) is 14.4 Å². The maximum absolute atomic E-state index is 11.0. The van der Waals surface area contributed by atoms with Gasteiger partial charge in [-0.05, 0) is 14.0 Å². The third-order valence-corrected chi connectivity index (χ3v) is 2.43. The summed E-state index contributed by atoms with van der Waals surface area (Å²) >= 11 is 0. The monoisotopic (exact) mass is 176 g/mol. The number of nitrogens with zero attached hydrogens (tertiary/aromatic N) is 1. The normalized spacial score (nSPS) is 11.8. The molecule has 1 rings (SSSR count). The first-order valence-corrected chi connectivity index (χ1v) is 4.41. The summed E-state index contributed by atoms with van der Waals surface area (Å²) in [6.45, 7) is 1.63. The first-order valence-electron chi connectivity index (χ1n) is 2.93. The molecule has 0 unspecified atom stereocenters. The Labute approximate surface area is 64.4 Å². The van der Waals surface area contributed by atoms with Crippen LogP contribution in [0, 0.1) is 6.92 Å². The largest absolute Gasteiger partial charge is 0.360 e. The zero-order valence-corrected chi connectivity index (χ0v) is 6.97. The van der Waals surface area contributed by atoms with E-state index in [1.54, 1.807) is 6.92 Å². The van der Waals surface area contributed by atoms with Gasteiger partial charge in [0.15, 0.2) is 0 Å². The smallest absolute Gasteiger partial charge is 0.261 e. The molecule has 11 heavy (non-hydrogen) atoms. The Balaban J connectivity index is 3.13. The number of nitrogens with one attached hydrogen (secondary N) is 1. The summed E-state index contributed by atoms with van der Waals surface area (Å²) in [5, 5.41) is 3.25. The number of hydrogen-bond donors (Lipinski definition) is 1. The van der Waals surface area contributed by atoms with Crippen molar-refractivity contribution in [1.29, 1.82) is 0 Å². The van der Waals surface area contributed by atoms with Crippen molar-refractivity contribution in [2.45, 2.75) is 11.9 Å². The fourth-order valence-corrected chi connectivity index (χ4v) is 1.24. The number of aromatic nitrogens is 1.